The Kier molecular flexibility index (Phi) is 8.80. The molecule has 0 aliphatic heterocycles. The molecule has 0 aliphatic carbocycles. The van der Waals surface area contributed by atoms with E-state index >= 15 is 0 Å². The van der Waals surface area contributed by atoms with Crippen LogP contribution in [0.2, 0.25) is 5.02 Å². The van der Waals surface area contributed by atoms with Gasteiger partial charge >= 0.3 is 0 Å². The van der Waals surface area contributed by atoms with Gasteiger partial charge in [-0.3, -0.25) is 9.79 Å². The van der Waals surface area contributed by atoms with E-state index in [1.807, 2.05) is 13.8 Å². The summed E-state index contributed by atoms with van der Waals surface area (Å²) >= 11 is 6.03. The molecule has 0 saturated carbocycles. The van der Waals surface area contributed by atoms with E-state index < -0.39 is 17.8 Å². The van der Waals surface area contributed by atoms with Crippen molar-refractivity contribution in [2.45, 2.75) is 26.9 Å². The maximum atomic E-state index is 14.4. The van der Waals surface area contributed by atoms with Crippen molar-refractivity contribution >= 4 is 35.7 Å². The Bertz CT molecular complexity index is 1100. The molecule has 0 aliphatic rings. The number of carbonyl (C=O) groups is 1. The van der Waals surface area contributed by atoms with Crippen molar-refractivity contribution in [3.8, 4) is 0 Å². The third kappa shape index (κ3) is 6.57. The monoisotopic (exact) mass is 457 g/mol. The zero-order valence-corrected chi connectivity index (χ0v) is 18.9. The van der Waals surface area contributed by atoms with Crippen LogP contribution in [0.5, 0.6) is 0 Å². The number of halogens is 2. The van der Waals surface area contributed by atoms with E-state index in [1.165, 1.54) is 30.7 Å². The number of rotatable bonds is 9. The molecule has 7 nitrogen and oxygen atoms in total. The quantitative estimate of drug-likeness (QED) is 0.383. The number of nitrogens with one attached hydrogen (secondary N) is 2. The Morgan fingerprint density at radius 1 is 1.38 bits per heavy atom. The number of benzene rings is 1. The van der Waals surface area contributed by atoms with Gasteiger partial charge in [-0.2, -0.15) is 0 Å². The summed E-state index contributed by atoms with van der Waals surface area (Å²) in [5, 5.41) is 15.5. The van der Waals surface area contributed by atoms with Gasteiger partial charge in [0.15, 0.2) is 0 Å². The number of aliphatic hydroxyl groups excluding tert-OH is 1. The maximum absolute atomic E-state index is 14.4. The number of hydrogen-bond donors (Lipinski definition) is 3. The lowest BCUT2D eigenvalue weighted by Crippen LogP contribution is -2.31. The average Bonchev–Trinajstić information content (AvgIpc) is 2.76. The van der Waals surface area contributed by atoms with Crippen molar-refractivity contribution in [1.29, 1.82) is 0 Å². The fraction of sp³-hybridized carbons (Fsp3) is 0.217. The van der Waals surface area contributed by atoms with E-state index in [0.717, 1.165) is 11.1 Å². The molecule has 1 aromatic carbocycles. The van der Waals surface area contributed by atoms with Crippen molar-refractivity contribution in [3.63, 3.8) is 0 Å². The molecule has 0 saturated heterocycles. The largest absolute Gasteiger partial charge is 0.392 e. The topological polar surface area (TPSA) is 99.5 Å². The van der Waals surface area contributed by atoms with E-state index in [2.05, 4.69) is 38.9 Å². The fourth-order valence-corrected chi connectivity index (χ4v) is 2.74. The van der Waals surface area contributed by atoms with Gasteiger partial charge in [0, 0.05) is 29.0 Å². The predicted molar refractivity (Wildman–Crippen MR) is 126 cm³/mol. The molecular formula is C23H25ClFN5O2. The highest BCUT2D eigenvalue weighted by molar-refractivity contribution is 6.30. The summed E-state index contributed by atoms with van der Waals surface area (Å²) in [6.45, 7) is 12.7. The number of nitrogens with zero attached hydrogens (tertiary/aromatic N) is 3. The van der Waals surface area contributed by atoms with E-state index in [4.69, 9.17) is 11.6 Å². The smallest absolute Gasteiger partial charge is 0.256 e. The molecular weight excluding hydrogens is 433 g/mol. The van der Waals surface area contributed by atoms with E-state index in [-0.39, 0.29) is 29.2 Å². The molecule has 9 heteroatoms. The molecule has 1 amide bonds. The van der Waals surface area contributed by atoms with Crippen LogP contribution in [0.4, 0.5) is 10.2 Å². The molecule has 3 N–H and O–H groups in total. The van der Waals surface area contributed by atoms with Gasteiger partial charge in [0.2, 0.25) is 0 Å². The second kappa shape index (κ2) is 11.3. The predicted octanol–water partition coefficient (Wildman–Crippen LogP) is 4.38. The van der Waals surface area contributed by atoms with Crippen LogP contribution in [0.3, 0.4) is 0 Å². The summed E-state index contributed by atoms with van der Waals surface area (Å²) in [5.74, 6) is -0.765. The van der Waals surface area contributed by atoms with Crippen LogP contribution in [0, 0.1) is 5.82 Å². The highest BCUT2D eigenvalue weighted by Crippen LogP contribution is 2.27. The van der Waals surface area contributed by atoms with Gasteiger partial charge in [-0.15, -0.1) is 0 Å². The first kappa shape index (κ1) is 24.9. The van der Waals surface area contributed by atoms with Crippen LogP contribution in [-0.4, -0.2) is 40.3 Å². The van der Waals surface area contributed by atoms with Crippen LogP contribution in [-0.2, 0) is 0 Å². The van der Waals surface area contributed by atoms with E-state index in [0.29, 0.717) is 10.7 Å². The Morgan fingerprint density at radius 2 is 2.09 bits per heavy atom. The molecule has 0 radical (unpaired) electrons. The molecule has 168 valence electrons. The molecule has 0 unspecified atom stereocenters. The zero-order valence-electron chi connectivity index (χ0n) is 18.1. The lowest BCUT2D eigenvalue weighted by molar-refractivity contribution is 0.0924. The number of aromatic nitrogens is 2. The summed E-state index contributed by atoms with van der Waals surface area (Å²) in [6.07, 6.45) is 3.51. The Morgan fingerprint density at radius 3 is 2.72 bits per heavy atom. The normalized spacial score (nSPS) is 13.1. The minimum absolute atomic E-state index is 0.0686. The van der Waals surface area contributed by atoms with Crippen LogP contribution in [0.25, 0.3) is 5.70 Å². The molecule has 32 heavy (non-hydrogen) atoms. The van der Waals surface area contributed by atoms with Gasteiger partial charge in [0.05, 0.1) is 11.8 Å². The number of aliphatic imine (C=N–C) groups is 1. The van der Waals surface area contributed by atoms with Gasteiger partial charge in [0.1, 0.15) is 23.5 Å². The number of aliphatic hydroxyl groups is 1. The highest BCUT2D eigenvalue weighted by Gasteiger charge is 2.16. The van der Waals surface area contributed by atoms with Gasteiger partial charge in [0.25, 0.3) is 5.91 Å². The van der Waals surface area contributed by atoms with Gasteiger partial charge in [-0.25, -0.2) is 14.4 Å². The van der Waals surface area contributed by atoms with Gasteiger partial charge in [-0.1, -0.05) is 23.8 Å². The van der Waals surface area contributed by atoms with Gasteiger partial charge in [-0.05, 0) is 57.3 Å². The number of carbonyl (C=O) groups excluding carboxylic acids is 1. The van der Waals surface area contributed by atoms with Gasteiger partial charge < -0.3 is 15.7 Å². The minimum atomic E-state index is -0.710. The molecule has 1 aromatic heterocycles. The fourth-order valence-electron chi connectivity index (χ4n) is 2.57. The van der Waals surface area contributed by atoms with Crippen LogP contribution < -0.4 is 10.6 Å². The second-order valence-electron chi connectivity index (χ2n) is 7.10. The van der Waals surface area contributed by atoms with E-state index in [9.17, 15) is 14.3 Å². The summed E-state index contributed by atoms with van der Waals surface area (Å²) < 4.78 is 14.4. The van der Waals surface area contributed by atoms with Crippen LogP contribution >= 0.6 is 11.6 Å². The number of hydrogen-bond acceptors (Lipinski definition) is 6. The first-order chi connectivity index (χ1) is 15.1. The van der Waals surface area contributed by atoms with Crippen LogP contribution in [0.1, 0.15) is 36.7 Å². The second-order valence-corrected chi connectivity index (χ2v) is 7.54. The minimum Gasteiger partial charge on any atom is -0.392 e. The number of allylic oxidation sites excluding steroid dienone is 3. The molecule has 0 bridgehead atoms. The molecule has 2 rings (SSSR count). The zero-order chi connectivity index (χ0) is 23.8. The molecule has 1 atom stereocenters. The SMILES string of the molecule is C=N/C(=C\C(Nc1ncncc1C(=O)NC[C@H](C)O)=C(/C)C(=C)C)c1cc(Cl)ccc1F. The summed E-state index contributed by atoms with van der Waals surface area (Å²) in [7, 11) is 0. The van der Waals surface area contributed by atoms with Crippen molar-refractivity contribution in [1.82, 2.24) is 15.3 Å². The van der Waals surface area contributed by atoms with Crippen molar-refractivity contribution in [3.05, 3.63) is 82.2 Å². The summed E-state index contributed by atoms with van der Waals surface area (Å²) in [4.78, 5) is 24.6. The molecule has 0 fully saturated rings. The summed E-state index contributed by atoms with van der Waals surface area (Å²) in [6, 6.07) is 4.13. The first-order valence-corrected chi connectivity index (χ1v) is 10.1. The molecule has 2 aromatic rings. The average molecular weight is 458 g/mol. The van der Waals surface area contributed by atoms with Crippen molar-refractivity contribution in [2.24, 2.45) is 4.99 Å². The number of anilines is 1. The lowest BCUT2D eigenvalue weighted by atomic mass is 10.1. The Balaban J connectivity index is 2.53. The Hall–Kier alpha value is -3.36. The number of amides is 1. The standard InChI is InChI=1S/C23H25ClFN5O2/c1-13(2)15(4)20(9-21(26-5)17-8-16(24)6-7-19(17)25)30-22-18(11-27-12-29-22)23(32)28-10-14(3)31/h6-9,11-12,14,31H,1,5,10H2,2-4H3,(H,28,32)(H,27,29,30)/b20-15-,21-9-/t14-/m0/s1. The van der Waals surface area contributed by atoms with Crippen molar-refractivity contribution in [2.75, 3.05) is 11.9 Å². The lowest BCUT2D eigenvalue weighted by Gasteiger charge is -2.15. The maximum Gasteiger partial charge on any atom is 0.256 e. The van der Waals surface area contributed by atoms with Crippen LogP contribution in [0.15, 0.2) is 65.2 Å². The third-order valence-corrected chi connectivity index (χ3v) is 4.70. The first-order valence-electron chi connectivity index (χ1n) is 9.68. The third-order valence-electron chi connectivity index (χ3n) is 4.47. The summed E-state index contributed by atoms with van der Waals surface area (Å²) in [5.41, 5.74) is 2.48. The highest BCUT2D eigenvalue weighted by atomic mass is 35.5. The molecule has 0 spiro atoms. The Labute approximate surface area is 191 Å². The van der Waals surface area contributed by atoms with E-state index in [1.54, 1.807) is 13.0 Å². The van der Waals surface area contributed by atoms with Crippen molar-refractivity contribution < 1.29 is 14.3 Å². The molecule has 1 heterocycles.